The van der Waals surface area contributed by atoms with Gasteiger partial charge in [0, 0.05) is 20.7 Å². The Morgan fingerprint density at radius 3 is 2.48 bits per heavy atom. The molecule has 0 unspecified atom stereocenters. The number of para-hydroxylation sites is 1. The maximum Gasteiger partial charge on any atom is 0.0582 e. The molecule has 0 amide bonds. The third kappa shape index (κ3) is 1.84. The first-order valence-electron chi connectivity index (χ1n) is 9.33. The minimum Gasteiger partial charge on any atom is -0.309 e. The van der Waals surface area contributed by atoms with Crippen molar-refractivity contribution in [3.63, 3.8) is 0 Å². The third-order valence-electron chi connectivity index (χ3n) is 6.22. The second-order valence-electron chi connectivity index (χ2n) is 8.00. The molecular formula is C25H18BrN. The number of hydrogen-bond donors (Lipinski definition) is 0. The molecule has 1 nitrogen and oxygen atoms in total. The molecule has 0 fully saturated rings. The first-order valence-corrected chi connectivity index (χ1v) is 10.1. The lowest BCUT2D eigenvalue weighted by Crippen LogP contribution is -2.26. The summed E-state index contributed by atoms with van der Waals surface area (Å²) in [4.78, 5) is 0. The van der Waals surface area contributed by atoms with E-state index in [0.29, 0.717) is 0 Å². The first kappa shape index (κ1) is 15.5. The van der Waals surface area contributed by atoms with Crippen LogP contribution in [0.5, 0.6) is 0 Å². The molecule has 130 valence electrons. The van der Waals surface area contributed by atoms with Crippen LogP contribution in [0, 0.1) is 0 Å². The van der Waals surface area contributed by atoms with Gasteiger partial charge in [-0.2, -0.15) is 0 Å². The third-order valence-corrected chi connectivity index (χ3v) is 6.72. The summed E-state index contributed by atoms with van der Waals surface area (Å²) in [5.41, 5.74) is 6.64. The Hall–Kier alpha value is -2.58. The quantitative estimate of drug-likeness (QED) is 0.251. The number of benzene rings is 4. The molecule has 1 aliphatic heterocycles. The van der Waals surface area contributed by atoms with E-state index in [9.17, 15) is 0 Å². The van der Waals surface area contributed by atoms with Gasteiger partial charge in [-0.1, -0.05) is 78.3 Å². The summed E-state index contributed by atoms with van der Waals surface area (Å²) in [6.07, 6.45) is 0. The van der Waals surface area contributed by atoms with Gasteiger partial charge in [0.15, 0.2) is 0 Å². The van der Waals surface area contributed by atoms with E-state index in [0.717, 1.165) is 4.47 Å². The van der Waals surface area contributed by atoms with Crippen LogP contribution in [0.3, 0.4) is 0 Å². The van der Waals surface area contributed by atoms with Crippen LogP contribution < -0.4 is 0 Å². The van der Waals surface area contributed by atoms with Crippen molar-refractivity contribution in [1.29, 1.82) is 0 Å². The molecule has 2 heteroatoms. The Morgan fingerprint density at radius 2 is 1.59 bits per heavy atom. The maximum absolute atomic E-state index is 3.68. The van der Waals surface area contributed by atoms with E-state index in [1.165, 1.54) is 49.4 Å². The molecular weight excluding hydrogens is 394 g/mol. The lowest BCUT2D eigenvalue weighted by atomic mass is 9.75. The highest BCUT2D eigenvalue weighted by atomic mass is 79.9. The van der Waals surface area contributed by atoms with E-state index in [1.54, 1.807) is 0 Å². The number of aromatic nitrogens is 1. The Morgan fingerprint density at radius 1 is 0.778 bits per heavy atom. The van der Waals surface area contributed by atoms with E-state index in [2.05, 4.69) is 107 Å². The normalized spacial score (nSPS) is 14.8. The van der Waals surface area contributed by atoms with Crippen LogP contribution in [0.2, 0.25) is 0 Å². The van der Waals surface area contributed by atoms with Gasteiger partial charge in [0.25, 0.3) is 0 Å². The molecule has 6 rings (SSSR count). The van der Waals surface area contributed by atoms with Crippen molar-refractivity contribution in [2.24, 2.45) is 0 Å². The van der Waals surface area contributed by atoms with Crippen LogP contribution in [-0.2, 0) is 5.41 Å². The molecule has 27 heavy (non-hydrogen) atoms. The van der Waals surface area contributed by atoms with Gasteiger partial charge in [-0.15, -0.1) is 0 Å². The minimum atomic E-state index is -0.0429. The molecule has 4 aromatic carbocycles. The molecule has 0 saturated heterocycles. The predicted octanol–water partition coefficient (Wildman–Crippen LogP) is 7.34. The molecule has 0 N–H and O–H groups in total. The first-order chi connectivity index (χ1) is 13.1. The summed E-state index contributed by atoms with van der Waals surface area (Å²) < 4.78 is 3.60. The number of rotatable bonds is 0. The van der Waals surface area contributed by atoms with Crippen molar-refractivity contribution < 1.29 is 0 Å². The molecule has 0 spiro atoms. The molecule has 5 aromatic rings. The molecule has 1 aliphatic rings. The van der Waals surface area contributed by atoms with Crippen LogP contribution >= 0.6 is 15.9 Å². The van der Waals surface area contributed by atoms with Crippen LogP contribution in [-0.4, -0.2) is 4.57 Å². The van der Waals surface area contributed by atoms with E-state index in [4.69, 9.17) is 0 Å². The molecule has 2 heterocycles. The summed E-state index contributed by atoms with van der Waals surface area (Å²) in [5.74, 6) is 0. The van der Waals surface area contributed by atoms with Gasteiger partial charge < -0.3 is 4.57 Å². The zero-order chi connectivity index (χ0) is 18.3. The molecule has 1 aromatic heterocycles. The smallest absolute Gasteiger partial charge is 0.0582 e. The highest BCUT2D eigenvalue weighted by Crippen LogP contribution is 2.48. The average molecular weight is 412 g/mol. The van der Waals surface area contributed by atoms with Crippen molar-refractivity contribution in [2.75, 3.05) is 0 Å². The number of hydrogen-bond acceptors (Lipinski definition) is 0. The maximum atomic E-state index is 3.68. The monoisotopic (exact) mass is 411 g/mol. The lowest BCUT2D eigenvalue weighted by Gasteiger charge is -2.34. The van der Waals surface area contributed by atoms with E-state index < -0.39 is 0 Å². The van der Waals surface area contributed by atoms with E-state index in [1.807, 2.05) is 0 Å². The predicted molar refractivity (Wildman–Crippen MR) is 118 cm³/mol. The molecule has 0 radical (unpaired) electrons. The highest BCUT2D eigenvalue weighted by molar-refractivity contribution is 9.10. The number of halogens is 1. The highest BCUT2D eigenvalue weighted by Gasteiger charge is 2.35. The van der Waals surface area contributed by atoms with Crippen molar-refractivity contribution in [2.45, 2.75) is 19.3 Å². The molecule has 0 bridgehead atoms. The van der Waals surface area contributed by atoms with Crippen molar-refractivity contribution in [1.82, 2.24) is 4.57 Å². The van der Waals surface area contributed by atoms with E-state index >= 15 is 0 Å². The molecule has 0 aliphatic carbocycles. The van der Waals surface area contributed by atoms with Gasteiger partial charge in [0.1, 0.15) is 0 Å². The fourth-order valence-electron chi connectivity index (χ4n) is 4.94. The second kappa shape index (κ2) is 5.02. The van der Waals surface area contributed by atoms with Crippen LogP contribution in [0.4, 0.5) is 0 Å². The van der Waals surface area contributed by atoms with Gasteiger partial charge in [0.05, 0.1) is 16.7 Å². The van der Waals surface area contributed by atoms with Gasteiger partial charge in [0.2, 0.25) is 0 Å². The largest absolute Gasteiger partial charge is 0.309 e. The molecule has 0 saturated carbocycles. The van der Waals surface area contributed by atoms with Gasteiger partial charge in [-0.05, 0) is 46.2 Å². The zero-order valence-corrected chi connectivity index (χ0v) is 16.8. The Kier molecular flexibility index (Phi) is 2.88. The topological polar surface area (TPSA) is 4.93 Å². The second-order valence-corrected chi connectivity index (χ2v) is 8.92. The minimum absolute atomic E-state index is 0.0429. The lowest BCUT2D eigenvalue weighted by molar-refractivity contribution is 0.629. The van der Waals surface area contributed by atoms with Gasteiger partial charge >= 0.3 is 0 Å². The summed E-state index contributed by atoms with van der Waals surface area (Å²) in [6, 6.07) is 26.7. The van der Waals surface area contributed by atoms with E-state index in [-0.39, 0.29) is 5.41 Å². The number of nitrogens with zero attached hydrogens (tertiary/aromatic N) is 1. The van der Waals surface area contributed by atoms with Gasteiger partial charge in [-0.3, -0.25) is 0 Å². The zero-order valence-electron chi connectivity index (χ0n) is 15.3. The summed E-state index contributed by atoms with van der Waals surface area (Å²) in [5, 5.41) is 5.33. The SMILES string of the molecule is CC1(C)c2cc(Br)ccc2-n2c3ccc4ccccc4c3c3cccc1c32. The fourth-order valence-corrected chi connectivity index (χ4v) is 5.30. The van der Waals surface area contributed by atoms with Crippen molar-refractivity contribution in [3.05, 3.63) is 88.4 Å². The fraction of sp³-hybridized carbons (Fsp3) is 0.120. The summed E-state index contributed by atoms with van der Waals surface area (Å²) in [6.45, 7) is 4.68. The van der Waals surface area contributed by atoms with Gasteiger partial charge in [-0.25, -0.2) is 0 Å². The summed E-state index contributed by atoms with van der Waals surface area (Å²) in [7, 11) is 0. The molecule has 0 atom stereocenters. The van der Waals surface area contributed by atoms with Crippen LogP contribution in [0.1, 0.15) is 25.0 Å². The van der Waals surface area contributed by atoms with Crippen LogP contribution in [0.25, 0.3) is 38.3 Å². The Labute approximate surface area is 166 Å². The standard InChI is InChI=1S/C25H18BrN/c1-25(2)19-9-5-8-18-23-17-7-4-3-6-15(17)10-12-22(23)27(24(18)19)21-13-11-16(26)14-20(21)25/h3-14H,1-2H3. The Balaban J connectivity index is 1.95. The van der Waals surface area contributed by atoms with Crippen molar-refractivity contribution >= 4 is 48.5 Å². The summed E-state index contributed by atoms with van der Waals surface area (Å²) >= 11 is 3.68. The number of fused-ring (bicyclic) bond motifs is 7. The van der Waals surface area contributed by atoms with Crippen LogP contribution in [0.15, 0.2) is 77.3 Å². The Bertz CT molecular complexity index is 1400. The average Bonchev–Trinajstić information content (AvgIpc) is 3.02. The van der Waals surface area contributed by atoms with Crippen molar-refractivity contribution in [3.8, 4) is 5.69 Å².